The van der Waals surface area contributed by atoms with Crippen molar-refractivity contribution in [3.63, 3.8) is 0 Å². The van der Waals surface area contributed by atoms with Crippen molar-refractivity contribution in [1.82, 2.24) is 4.90 Å². The monoisotopic (exact) mass is 259 g/mol. The Morgan fingerprint density at radius 1 is 1.32 bits per heavy atom. The molecule has 3 heteroatoms. The first-order valence-electron chi connectivity index (χ1n) is 7.60. The number of fused-ring (bicyclic) bond motifs is 1. The van der Waals surface area contributed by atoms with Gasteiger partial charge in [0.25, 0.3) is 0 Å². The number of hydrogen-bond donors (Lipinski definition) is 1. The second-order valence-corrected chi connectivity index (χ2v) is 5.82. The summed E-state index contributed by atoms with van der Waals surface area (Å²) in [6, 6.07) is 7.43. The lowest BCUT2D eigenvalue weighted by molar-refractivity contribution is 0.213. The molecule has 0 aromatic heterocycles. The minimum absolute atomic E-state index is 0.696. The highest BCUT2D eigenvalue weighted by atomic mass is 15.3. The summed E-state index contributed by atoms with van der Waals surface area (Å²) in [5.41, 5.74) is 4.36. The summed E-state index contributed by atoms with van der Waals surface area (Å²) in [4.78, 5) is 5.10. The minimum atomic E-state index is 0.696. The Hall–Kier alpha value is -1.22. The van der Waals surface area contributed by atoms with E-state index in [9.17, 15) is 0 Å². The van der Waals surface area contributed by atoms with Gasteiger partial charge in [-0.2, -0.15) is 0 Å². The van der Waals surface area contributed by atoms with E-state index < -0.39 is 0 Å². The Labute approximate surface area is 116 Å². The molecule has 1 aromatic rings. The first-order chi connectivity index (χ1) is 9.29. The van der Waals surface area contributed by atoms with E-state index in [1.54, 1.807) is 0 Å². The third kappa shape index (κ3) is 2.44. The maximum absolute atomic E-state index is 3.54. The van der Waals surface area contributed by atoms with Crippen molar-refractivity contribution < 1.29 is 0 Å². The SMILES string of the molecule is CCC1CN(c2cccc3c2CCCN3)CCN1C. The third-order valence-corrected chi connectivity index (χ3v) is 4.66. The predicted octanol–water partition coefficient (Wildman–Crippen LogP) is 2.58. The number of likely N-dealkylation sites (N-methyl/N-ethyl adjacent to an activating group) is 1. The Bertz CT molecular complexity index is 444. The molecular formula is C16H25N3. The van der Waals surface area contributed by atoms with Crippen LogP contribution in [0.5, 0.6) is 0 Å². The van der Waals surface area contributed by atoms with Crippen LogP contribution in [0.3, 0.4) is 0 Å². The molecule has 0 spiro atoms. The van der Waals surface area contributed by atoms with Crippen LogP contribution in [0, 0.1) is 0 Å². The molecule has 0 radical (unpaired) electrons. The molecule has 104 valence electrons. The quantitative estimate of drug-likeness (QED) is 0.880. The van der Waals surface area contributed by atoms with Crippen LogP contribution < -0.4 is 10.2 Å². The largest absolute Gasteiger partial charge is 0.385 e. The number of hydrogen-bond acceptors (Lipinski definition) is 3. The van der Waals surface area contributed by atoms with Gasteiger partial charge in [0.05, 0.1) is 0 Å². The first-order valence-corrected chi connectivity index (χ1v) is 7.60. The van der Waals surface area contributed by atoms with E-state index in [2.05, 4.69) is 47.3 Å². The van der Waals surface area contributed by atoms with Crippen LogP contribution in [0.2, 0.25) is 0 Å². The van der Waals surface area contributed by atoms with Crippen molar-refractivity contribution in [2.24, 2.45) is 0 Å². The van der Waals surface area contributed by atoms with Gasteiger partial charge in [-0.3, -0.25) is 4.90 Å². The predicted molar refractivity (Wildman–Crippen MR) is 82.2 cm³/mol. The van der Waals surface area contributed by atoms with E-state index in [1.807, 2.05) is 0 Å². The van der Waals surface area contributed by atoms with Gasteiger partial charge in [-0.05, 0) is 44.0 Å². The number of anilines is 2. The highest BCUT2D eigenvalue weighted by Gasteiger charge is 2.25. The molecule has 0 amide bonds. The summed E-state index contributed by atoms with van der Waals surface area (Å²) in [7, 11) is 2.26. The number of nitrogens with zero attached hydrogens (tertiary/aromatic N) is 2. The summed E-state index contributed by atoms with van der Waals surface area (Å²) in [5.74, 6) is 0. The van der Waals surface area contributed by atoms with Gasteiger partial charge in [-0.15, -0.1) is 0 Å². The molecule has 1 aromatic carbocycles. The van der Waals surface area contributed by atoms with Gasteiger partial charge in [-0.1, -0.05) is 13.0 Å². The zero-order valence-electron chi connectivity index (χ0n) is 12.2. The molecule has 1 atom stereocenters. The number of piperazine rings is 1. The van der Waals surface area contributed by atoms with Gasteiger partial charge in [-0.25, -0.2) is 0 Å². The van der Waals surface area contributed by atoms with E-state index in [-0.39, 0.29) is 0 Å². The fourth-order valence-corrected chi connectivity index (χ4v) is 3.39. The Morgan fingerprint density at radius 3 is 3.05 bits per heavy atom. The first kappa shape index (κ1) is 12.8. The van der Waals surface area contributed by atoms with Gasteiger partial charge < -0.3 is 10.2 Å². The lowest BCUT2D eigenvalue weighted by Crippen LogP contribution is -2.51. The van der Waals surface area contributed by atoms with E-state index in [4.69, 9.17) is 0 Å². The highest BCUT2D eigenvalue weighted by Crippen LogP contribution is 2.32. The maximum Gasteiger partial charge on any atom is 0.0420 e. The van der Waals surface area contributed by atoms with Crippen molar-refractivity contribution >= 4 is 11.4 Å². The normalized spacial score (nSPS) is 23.9. The molecule has 1 N–H and O–H groups in total. The average Bonchev–Trinajstić information content (AvgIpc) is 2.47. The summed E-state index contributed by atoms with van der Waals surface area (Å²) >= 11 is 0. The van der Waals surface area contributed by atoms with Crippen molar-refractivity contribution in [3.8, 4) is 0 Å². The molecule has 3 rings (SSSR count). The number of benzene rings is 1. The molecule has 1 saturated heterocycles. The molecule has 2 aliphatic rings. The molecule has 2 aliphatic heterocycles. The molecule has 1 fully saturated rings. The van der Waals surface area contributed by atoms with E-state index in [0.717, 1.165) is 13.1 Å². The fourth-order valence-electron chi connectivity index (χ4n) is 3.39. The van der Waals surface area contributed by atoms with Crippen molar-refractivity contribution in [1.29, 1.82) is 0 Å². The van der Waals surface area contributed by atoms with Gasteiger partial charge in [0, 0.05) is 43.6 Å². The van der Waals surface area contributed by atoms with Crippen LogP contribution in [0.25, 0.3) is 0 Å². The van der Waals surface area contributed by atoms with Crippen LogP contribution in [0.1, 0.15) is 25.3 Å². The minimum Gasteiger partial charge on any atom is -0.385 e. The van der Waals surface area contributed by atoms with Gasteiger partial charge in [0.1, 0.15) is 0 Å². The standard InChI is InChI=1S/C16H25N3/c1-3-13-12-19(11-10-18(13)2)16-8-4-7-15-14(16)6-5-9-17-15/h4,7-8,13,17H,3,5-6,9-12H2,1-2H3. The van der Waals surface area contributed by atoms with Gasteiger partial charge in [0.15, 0.2) is 0 Å². The topological polar surface area (TPSA) is 18.5 Å². The van der Waals surface area contributed by atoms with Crippen LogP contribution in [-0.2, 0) is 6.42 Å². The molecule has 0 bridgehead atoms. The summed E-state index contributed by atoms with van der Waals surface area (Å²) in [5, 5.41) is 3.54. The smallest absolute Gasteiger partial charge is 0.0420 e. The van der Waals surface area contributed by atoms with E-state index in [1.165, 1.54) is 49.3 Å². The number of nitrogens with one attached hydrogen (secondary N) is 1. The Balaban J connectivity index is 1.86. The van der Waals surface area contributed by atoms with Gasteiger partial charge >= 0.3 is 0 Å². The lowest BCUT2D eigenvalue weighted by Gasteiger charge is -2.41. The summed E-state index contributed by atoms with van der Waals surface area (Å²) in [6.45, 7) is 6.92. The maximum atomic E-state index is 3.54. The molecule has 0 aliphatic carbocycles. The highest BCUT2D eigenvalue weighted by molar-refractivity contribution is 5.68. The zero-order valence-corrected chi connectivity index (χ0v) is 12.2. The van der Waals surface area contributed by atoms with Crippen molar-refractivity contribution in [3.05, 3.63) is 23.8 Å². The second kappa shape index (κ2) is 5.41. The van der Waals surface area contributed by atoms with Crippen LogP contribution in [-0.4, -0.2) is 44.2 Å². The molecule has 2 heterocycles. The van der Waals surface area contributed by atoms with E-state index >= 15 is 0 Å². The van der Waals surface area contributed by atoms with Crippen LogP contribution in [0.4, 0.5) is 11.4 Å². The molecule has 19 heavy (non-hydrogen) atoms. The molecule has 1 unspecified atom stereocenters. The second-order valence-electron chi connectivity index (χ2n) is 5.82. The Morgan fingerprint density at radius 2 is 2.21 bits per heavy atom. The molecule has 0 saturated carbocycles. The molecular weight excluding hydrogens is 234 g/mol. The van der Waals surface area contributed by atoms with Crippen molar-refractivity contribution in [2.45, 2.75) is 32.2 Å². The zero-order chi connectivity index (χ0) is 13.2. The van der Waals surface area contributed by atoms with Gasteiger partial charge in [0.2, 0.25) is 0 Å². The summed E-state index contributed by atoms with van der Waals surface area (Å²) < 4.78 is 0. The van der Waals surface area contributed by atoms with Crippen LogP contribution in [0.15, 0.2) is 18.2 Å². The van der Waals surface area contributed by atoms with E-state index in [0.29, 0.717) is 6.04 Å². The molecule has 3 nitrogen and oxygen atoms in total. The third-order valence-electron chi connectivity index (χ3n) is 4.66. The van der Waals surface area contributed by atoms with Crippen LogP contribution >= 0.6 is 0 Å². The van der Waals surface area contributed by atoms with Crippen molar-refractivity contribution in [2.75, 3.05) is 43.4 Å². The lowest BCUT2D eigenvalue weighted by atomic mass is 9.99. The number of rotatable bonds is 2. The summed E-state index contributed by atoms with van der Waals surface area (Å²) in [6.07, 6.45) is 3.72. The fraction of sp³-hybridized carbons (Fsp3) is 0.625. The average molecular weight is 259 g/mol. The Kier molecular flexibility index (Phi) is 3.65.